The largest absolute Gasteiger partial charge is 0.376 e. The molecule has 142 valence electrons. The molecule has 0 aromatic heterocycles. The van der Waals surface area contributed by atoms with Gasteiger partial charge in [0.25, 0.3) is 0 Å². The van der Waals surface area contributed by atoms with Crippen LogP contribution in [0.2, 0.25) is 0 Å². The Bertz CT molecular complexity index is 716. The Morgan fingerprint density at radius 2 is 1.44 bits per heavy atom. The molecule has 1 aliphatic carbocycles. The number of benzene rings is 2. The van der Waals surface area contributed by atoms with Crippen LogP contribution >= 0.6 is 0 Å². The second kappa shape index (κ2) is 10.3. The molecule has 0 atom stereocenters. The normalized spacial score (nSPS) is 20.0. The summed E-state index contributed by atoms with van der Waals surface area (Å²) in [5, 5.41) is 0. The predicted octanol–water partition coefficient (Wildman–Crippen LogP) is 7.25. The molecule has 0 amide bonds. The zero-order chi connectivity index (χ0) is 18.9. The van der Waals surface area contributed by atoms with Gasteiger partial charge in [0.05, 0.1) is 13.2 Å². The fourth-order valence-electron chi connectivity index (χ4n) is 4.07. The van der Waals surface area contributed by atoms with Crippen LogP contribution in [0, 0.1) is 0 Å². The summed E-state index contributed by atoms with van der Waals surface area (Å²) in [6.07, 6.45) is 12.2. The molecule has 1 saturated carbocycles. The van der Waals surface area contributed by atoms with Gasteiger partial charge in [-0.15, -0.1) is 6.58 Å². The van der Waals surface area contributed by atoms with Crippen molar-refractivity contribution in [3.63, 3.8) is 0 Å². The number of rotatable bonds is 8. The molecule has 0 unspecified atom stereocenters. The van der Waals surface area contributed by atoms with Gasteiger partial charge in [-0.1, -0.05) is 66.8 Å². The van der Waals surface area contributed by atoms with Crippen LogP contribution in [0.4, 0.5) is 0 Å². The van der Waals surface area contributed by atoms with Crippen molar-refractivity contribution in [2.75, 3.05) is 6.61 Å². The maximum Gasteiger partial charge on any atom is 0.0717 e. The van der Waals surface area contributed by atoms with E-state index in [0.717, 1.165) is 18.9 Å². The third-order valence-electron chi connectivity index (χ3n) is 5.68. The van der Waals surface area contributed by atoms with Crippen LogP contribution in [0.3, 0.4) is 0 Å². The van der Waals surface area contributed by atoms with Crippen molar-refractivity contribution in [2.24, 2.45) is 0 Å². The summed E-state index contributed by atoms with van der Waals surface area (Å²) in [4.78, 5) is 0. The maximum atomic E-state index is 5.66. The first kappa shape index (κ1) is 19.6. The summed E-state index contributed by atoms with van der Waals surface area (Å²) in [6, 6.07) is 18.2. The average molecular weight is 361 g/mol. The minimum atomic E-state index is 0.698. The molecule has 27 heavy (non-hydrogen) atoms. The number of ether oxygens (including phenoxy) is 1. The summed E-state index contributed by atoms with van der Waals surface area (Å²) in [5.41, 5.74) is 5.56. The highest BCUT2D eigenvalue weighted by Crippen LogP contribution is 2.40. The molecule has 1 aliphatic rings. The molecule has 0 saturated heterocycles. The molecule has 3 rings (SSSR count). The van der Waals surface area contributed by atoms with Gasteiger partial charge in [0.15, 0.2) is 0 Å². The van der Waals surface area contributed by atoms with Crippen LogP contribution in [0.15, 0.2) is 67.3 Å². The van der Waals surface area contributed by atoms with Gasteiger partial charge in [-0.25, -0.2) is 0 Å². The van der Waals surface area contributed by atoms with Gasteiger partial charge in [0.1, 0.15) is 0 Å². The first-order chi connectivity index (χ1) is 13.3. The van der Waals surface area contributed by atoms with E-state index in [9.17, 15) is 0 Å². The Morgan fingerprint density at radius 1 is 0.889 bits per heavy atom. The van der Waals surface area contributed by atoms with Crippen molar-refractivity contribution in [3.8, 4) is 0 Å². The zero-order valence-electron chi connectivity index (χ0n) is 16.6. The van der Waals surface area contributed by atoms with E-state index in [4.69, 9.17) is 4.74 Å². The van der Waals surface area contributed by atoms with E-state index in [1.54, 1.807) is 0 Å². The van der Waals surface area contributed by atoms with Crippen molar-refractivity contribution < 1.29 is 4.74 Å². The van der Waals surface area contributed by atoms with E-state index in [-0.39, 0.29) is 0 Å². The van der Waals surface area contributed by atoms with Gasteiger partial charge < -0.3 is 4.74 Å². The van der Waals surface area contributed by atoms with Crippen LogP contribution < -0.4 is 0 Å². The molecule has 0 radical (unpaired) electrons. The molecule has 0 heterocycles. The minimum Gasteiger partial charge on any atom is -0.376 e. The van der Waals surface area contributed by atoms with Crippen molar-refractivity contribution in [2.45, 2.75) is 57.5 Å². The van der Waals surface area contributed by atoms with Crippen molar-refractivity contribution >= 4 is 6.08 Å². The van der Waals surface area contributed by atoms with Crippen LogP contribution in [0.1, 0.15) is 73.1 Å². The molecule has 2 aromatic rings. The molecular weight excluding hydrogens is 328 g/mol. The highest BCUT2D eigenvalue weighted by atomic mass is 16.5. The van der Waals surface area contributed by atoms with Crippen LogP contribution in [-0.2, 0) is 11.3 Å². The third kappa shape index (κ3) is 5.68. The maximum absolute atomic E-state index is 5.66. The number of hydrogen-bond acceptors (Lipinski definition) is 1. The molecule has 0 aliphatic heterocycles. The Morgan fingerprint density at radius 3 is 1.96 bits per heavy atom. The summed E-state index contributed by atoms with van der Waals surface area (Å²) in [6.45, 7) is 7.24. The lowest BCUT2D eigenvalue weighted by Gasteiger charge is -2.29. The van der Waals surface area contributed by atoms with E-state index in [0.29, 0.717) is 12.5 Å². The Balaban J connectivity index is 1.50. The second-order valence-electron chi connectivity index (χ2n) is 7.59. The topological polar surface area (TPSA) is 9.23 Å². The fourth-order valence-corrected chi connectivity index (χ4v) is 4.07. The molecule has 1 heteroatoms. The molecule has 2 aromatic carbocycles. The summed E-state index contributed by atoms with van der Waals surface area (Å²) in [5.74, 6) is 1.43. The lowest BCUT2D eigenvalue weighted by molar-refractivity contribution is 0.125. The molecule has 1 fully saturated rings. The van der Waals surface area contributed by atoms with E-state index in [1.165, 1.54) is 47.9 Å². The fraction of sp³-hybridized carbons (Fsp3) is 0.385. The van der Waals surface area contributed by atoms with Crippen LogP contribution in [-0.4, -0.2) is 6.61 Å². The summed E-state index contributed by atoms with van der Waals surface area (Å²) >= 11 is 0. The highest BCUT2D eigenvalue weighted by molar-refractivity contribution is 5.49. The van der Waals surface area contributed by atoms with Gasteiger partial charge in [-0.05, 0) is 73.1 Å². The van der Waals surface area contributed by atoms with E-state index in [2.05, 4.69) is 74.2 Å². The SMILES string of the molecule is C=CCCOCc1ccc(C2CCC(c3ccc(/C=C/C)cc3)CC2)cc1. The Kier molecular flexibility index (Phi) is 7.47. The molecule has 0 bridgehead atoms. The van der Waals surface area contributed by atoms with Gasteiger partial charge in [-0.3, -0.25) is 0 Å². The van der Waals surface area contributed by atoms with Gasteiger partial charge in [0.2, 0.25) is 0 Å². The molecule has 0 spiro atoms. The van der Waals surface area contributed by atoms with Crippen molar-refractivity contribution in [1.82, 2.24) is 0 Å². The van der Waals surface area contributed by atoms with Crippen molar-refractivity contribution in [3.05, 3.63) is 89.5 Å². The lowest BCUT2D eigenvalue weighted by atomic mass is 9.76. The lowest BCUT2D eigenvalue weighted by Crippen LogP contribution is -2.12. The Hall–Kier alpha value is -2.12. The number of hydrogen-bond donors (Lipinski definition) is 0. The molecule has 1 nitrogen and oxygen atoms in total. The quantitative estimate of drug-likeness (QED) is 0.356. The zero-order valence-corrected chi connectivity index (χ0v) is 16.6. The van der Waals surface area contributed by atoms with E-state index in [1.807, 2.05) is 6.08 Å². The average Bonchev–Trinajstić information content (AvgIpc) is 2.73. The molecular formula is C26H32O. The smallest absolute Gasteiger partial charge is 0.0717 e. The first-order valence-corrected chi connectivity index (χ1v) is 10.3. The highest BCUT2D eigenvalue weighted by Gasteiger charge is 2.23. The predicted molar refractivity (Wildman–Crippen MR) is 116 cm³/mol. The van der Waals surface area contributed by atoms with Gasteiger partial charge in [-0.2, -0.15) is 0 Å². The standard InChI is InChI=1S/C26H32O/c1-3-5-19-27-20-22-9-13-24(14-10-22)26-17-15-25(16-18-26)23-11-7-21(6-4-2)8-12-23/h3-4,6-14,25-26H,1,5,15-20H2,2H3/b6-4+. The first-order valence-electron chi connectivity index (χ1n) is 10.3. The Labute approximate surface area is 164 Å². The van der Waals surface area contributed by atoms with E-state index < -0.39 is 0 Å². The monoisotopic (exact) mass is 360 g/mol. The number of allylic oxidation sites excluding steroid dienone is 1. The van der Waals surface area contributed by atoms with Crippen molar-refractivity contribution in [1.29, 1.82) is 0 Å². The summed E-state index contributed by atoms with van der Waals surface area (Å²) in [7, 11) is 0. The van der Waals surface area contributed by atoms with Gasteiger partial charge >= 0.3 is 0 Å². The second-order valence-corrected chi connectivity index (χ2v) is 7.59. The van der Waals surface area contributed by atoms with Crippen LogP contribution in [0.5, 0.6) is 0 Å². The summed E-state index contributed by atoms with van der Waals surface area (Å²) < 4.78 is 5.66. The van der Waals surface area contributed by atoms with E-state index >= 15 is 0 Å². The van der Waals surface area contributed by atoms with Crippen LogP contribution in [0.25, 0.3) is 6.08 Å². The molecule has 0 N–H and O–H groups in total. The third-order valence-corrected chi connectivity index (χ3v) is 5.68. The van der Waals surface area contributed by atoms with Gasteiger partial charge in [0, 0.05) is 0 Å². The minimum absolute atomic E-state index is 0.698.